The van der Waals surface area contributed by atoms with Crippen molar-refractivity contribution in [3.8, 4) is 17.2 Å². The number of hydrogen-bond donors (Lipinski definition) is 0. The number of ether oxygens (including phenoxy) is 4. The highest BCUT2D eigenvalue weighted by Gasteiger charge is 2.23. The molecule has 0 spiro atoms. The molecule has 5 heteroatoms. The van der Waals surface area contributed by atoms with Gasteiger partial charge in [-0.05, 0) is 30.7 Å². The number of allylic oxidation sites excluding steroid dienone is 1. The van der Waals surface area contributed by atoms with Gasteiger partial charge in [-0.15, -0.1) is 0 Å². The van der Waals surface area contributed by atoms with Crippen LogP contribution < -0.4 is 14.2 Å². The van der Waals surface area contributed by atoms with Crippen molar-refractivity contribution in [1.29, 1.82) is 0 Å². The van der Waals surface area contributed by atoms with E-state index in [0.29, 0.717) is 41.8 Å². The van der Waals surface area contributed by atoms with Crippen molar-refractivity contribution in [2.24, 2.45) is 0 Å². The number of carbonyl (C=O) groups excluding carboxylic acids is 1. The van der Waals surface area contributed by atoms with Gasteiger partial charge in [0.2, 0.25) is 11.5 Å². The Morgan fingerprint density at radius 1 is 1.12 bits per heavy atom. The molecule has 0 amide bonds. The molecule has 25 heavy (non-hydrogen) atoms. The summed E-state index contributed by atoms with van der Waals surface area (Å²) >= 11 is 0. The first-order chi connectivity index (χ1) is 12.2. The monoisotopic (exact) mass is 340 g/mol. The summed E-state index contributed by atoms with van der Waals surface area (Å²) in [5.41, 5.74) is 2.30. The molecule has 130 valence electrons. The quantitative estimate of drug-likeness (QED) is 0.774. The van der Waals surface area contributed by atoms with Gasteiger partial charge in [0.25, 0.3) is 0 Å². The minimum atomic E-state index is -0.131. The standard InChI is InChI=1S/C20H20O5/c1-4-24-20-17(22-2)10-13(11-18(20)23-3)9-16-19(21)15-8-6-5-7-14(15)12-25-16/h5-11H,4,12H2,1-3H3. The Morgan fingerprint density at radius 3 is 2.44 bits per heavy atom. The van der Waals surface area contributed by atoms with Gasteiger partial charge < -0.3 is 18.9 Å². The molecule has 0 bridgehead atoms. The predicted octanol–water partition coefficient (Wildman–Crippen LogP) is 3.86. The van der Waals surface area contributed by atoms with Crippen molar-refractivity contribution in [3.63, 3.8) is 0 Å². The highest BCUT2D eigenvalue weighted by atomic mass is 16.5. The van der Waals surface area contributed by atoms with Crippen LogP contribution in [0.25, 0.3) is 6.08 Å². The maximum Gasteiger partial charge on any atom is 0.227 e. The van der Waals surface area contributed by atoms with Crippen molar-refractivity contribution in [3.05, 3.63) is 58.8 Å². The minimum Gasteiger partial charge on any atom is -0.493 e. The normalized spacial score (nSPS) is 14.7. The number of hydrogen-bond acceptors (Lipinski definition) is 5. The van der Waals surface area contributed by atoms with Gasteiger partial charge in [0.1, 0.15) is 6.61 Å². The van der Waals surface area contributed by atoms with Crippen molar-refractivity contribution in [2.75, 3.05) is 20.8 Å². The van der Waals surface area contributed by atoms with E-state index in [1.807, 2.05) is 31.2 Å². The summed E-state index contributed by atoms with van der Waals surface area (Å²) in [6.45, 7) is 2.76. The lowest BCUT2D eigenvalue weighted by atomic mass is 9.99. The third kappa shape index (κ3) is 3.31. The zero-order chi connectivity index (χ0) is 17.8. The SMILES string of the molecule is CCOc1c(OC)cc(C=C2OCc3ccccc3C2=O)cc1OC. The summed E-state index contributed by atoms with van der Waals surface area (Å²) < 4.78 is 22.0. The molecule has 1 aliphatic rings. The molecule has 1 aliphatic heterocycles. The number of benzene rings is 2. The zero-order valence-corrected chi connectivity index (χ0v) is 14.5. The fraction of sp³-hybridized carbons (Fsp3) is 0.250. The molecule has 0 fully saturated rings. The minimum absolute atomic E-state index is 0.131. The third-order valence-electron chi connectivity index (χ3n) is 3.94. The van der Waals surface area contributed by atoms with E-state index in [2.05, 4.69) is 0 Å². The fourth-order valence-electron chi connectivity index (χ4n) is 2.75. The van der Waals surface area contributed by atoms with Crippen LogP contribution in [0.5, 0.6) is 17.2 Å². The molecule has 3 rings (SSSR count). The molecule has 0 radical (unpaired) electrons. The zero-order valence-electron chi connectivity index (χ0n) is 14.5. The second kappa shape index (κ2) is 7.30. The lowest BCUT2D eigenvalue weighted by Gasteiger charge is -2.19. The summed E-state index contributed by atoms with van der Waals surface area (Å²) in [5.74, 6) is 1.78. The van der Waals surface area contributed by atoms with Gasteiger partial charge in [0.15, 0.2) is 17.3 Å². The summed E-state index contributed by atoms with van der Waals surface area (Å²) in [4.78, 5) is 12.6. The number of rotatable bonds is 5. The second-order valence-electron chi connectivity index (χ2n) is 5.47. The Labute approximate surface area is 146 Å². The van der Waals surface area contributed by atoms with E-state index in [1.165, 1.54) is 0 Å². The molecule has 0 atom stereocenters. The maximum absolute atomic E-state index is 12.6. The van der Waals surface area contributed by atoms with Gasteiger partial charge in [-0.1, -0.05) is 24.3 Å². The van der Waals surface area contributed by atoms with E-state index in [0.717, 1.165) is 11.1 Å². The van der Waals surface area contributed by atoms with E-state index in [4.69, 9.17) is 18.9 Å². The molecule has 1 heterocycles. The van der Waals surface area contributed by atoms with E-state index >= 15 is 0 Å². The highest BCUT2D eigenvalue weighted by Crippen LogP contribution is 2.39. The van der Waals surface area contributed by atoms with Crippen molar-refractivity contribution >= 4 is 11.9 Å². The van der Waals surface area contributed by atoms with Crippen LogP contribution in [0.2, 0.25) is 0 Å². The Morgan fingerprint density at radius 2 is 1.80 bits per heavy atom. The van der Waals surface area contributed by atoms with E-state index in [9.17, 15) is 4.79 Å². The van der Waals surface area contributed by atoms with Gasteiger partial charge in [-0.3, -0.25) is 4.79 Å². The molecule has 0 saturated heterocycles. The van der Waals surface area contributed by atoms with Crippen LogP contribution in [0.1, 0.15) is 28.4 Å². The fourth-order valence-corrected chi connectivity index (χ4v) is 2.75. The van der Waals surface area contributed by atoms with Crippen LogP contribution in [-0.2, 0) is 11.3 Å². The molecule has 0 aliphatic carbocycles. The molecule has 0 unspecified atom stereocenters. The van der Waals surface area contributed by atoms with Crippen molar-refractivity contribution < 1.29 is 23.7 Å². The number of Topliss-reactive ketones (excluding diaryl/α,β-unsaturated/α-hetero) is 1. The summed E-state index contributed by atoms with van der Waals surface area (Å²) in [5, 5.41) is 0. The van der Waals surface area contributed by atoms with Gasteiger partial charge in [0.05, 0.1) is 20.8 Å². The van der Waals surface area contributed by atoms with Crippen LogP contribution >= 0.6 is 0 Å². The summed E-state index contributed by atoms with van der Waals surface area (Å²) in [6, 6.07) is 11.0. The van der Waals surface area contributed by atoms with Crippen LogP contribution in [-0.4, -0.2) is 26.6 Å². The number of carbonyl (C=O) groups is 1. The average Bonchev–Trinajstić information content (AvgIpc) is 2.65. The van der Waals surface area contributed by atoms with Gasteiger partial charge in [-0.25, -0.2) is 0 Å². The predicted molar refractivity (Wildman–Crippen MR) is 94.3 cm³/mol. The molecular weight excluding hydrogens is 320 g/mol. The molecule has 2 aromatic rings. The Kier molecular flexibility index (Phi) is 4.93. The first-order valence-electron chi connectivity index (χ1n) is 8.03. The van der Waals surface area contributed by atoms with Crippen molar-refractivity contribution in [1.82, 2.24) is 0 Å². The lowest BCUT2D eigenvalue weighted by Crippen LogP contribution is -2.16. The van der Waals surface area contributed by atoms with Crippen LogP contribution in [0, 0.1) is 0 Å². The van der Waals surface area contributed by atoms with Crippen LogP contribution in [0.3, 0.4) is 0 Å². The highest BCUT2D eigenvalue weighted by molar-refractivity contribution is 6.11. The van der Waals surface area contributed by atoms with Crippen LogP contribution in [0.15, 0.2) is 42.2 Å². The average molecular weight is 340 g/mol. The molecule has 0 saturated carbocycles. The Balaban J connectivity index is 2.00. The van der Waals surface area contributed by atoms with Gasteiger partial charge >= 0.3 is 0 Å². The molecular formula is C20H20O5. The largest absolute Gasteiger partial charge is 0.493 e. The second-order valence-corrected chi connectivity index (χ2v) is 5.47. The lowest BCUT2D eigenvalue weighted by molar-refractivity contribution is 0.0871. The van der Waals surface area contributed by atoms with E-state index in [-0.39, 0.29) is 5.78 Å². The third-order valence-corrected chi connectivity index (χ3v) is 3.94. The van der Waals surface area contributed by atoms with Gasteiger partial charge in [0, 0.05) is 11.1 Å². The number of ketones is 1. The number of methoxy groups -OCH3 is 2. The van der Waals surface area contributed by atoms with Gasteiger partial charge in [-0.2, -0.15) is 0 Å². The maximum atomic E-state index is 12.6. The first-order valence-corrected chi connectivity index (χ1v) is 8.03. The smallest absolute Gasteiger partial charge is 0.227 e. The number of fused-ring (bicyclic) bond motifs is 1. The Bertz CT molecular complexity index is 798. The molecule has 5 nitrogen and oxygen atoms in total. The van der Waals surface area contributed by atoms with Crippen molar-refractivity contribution in [2.45, 2.75) is 13.5 Å². The molecule has 2 aromatic carbocycles. The summed E-state index contributed by atoms with van der Waals surface area (Å²) in [6.07, 6.45) is 1.69. The Hall–Kier alpha value is -2.95. The van der Waals surface area contributed by atoms with Crippen LogP contribution in [0.4, 0.5) is 0 Å². The summed E-state index contributed by atoms with van der Waals surface area (Å²) in [7, 11) is 3.12. The molecule has 0 aromatic heterocycles. The van der Waals surface area contributed by atoms with E-state index in [1.54, 1.807) is 32.4 Å². The molecule has 0 N–H and O–H groups in total. The topological polar surface area (TPSA) is 54.0 Å². The van der Waals surface area contributed by atoms with E-state index < -0.39 is 0 Å². The first kappa shape index (κ1) is 16.9.